The second kappa shape index (κ2) is 6.49. The van der Waals surface area contributed by atoms with Gasteiger partial charge in [0.15, 0.2) is 5.82 Å². The molecule has 0 atom stereocenters. The number of carbonyl (C=O) groups excluding carboxylic acids is 1. The molecule has 18 heavy (non-hydrogen) atoms. The molecule has 0 aliphatic heterocycles. The minimum absolute atomic E-state index is 0.0537. The van der Waals surface area contributed by atoms with Crippen LogP contribution in [0.2, 0.25) is 0 Å². The van der Waals surface area contributed by atoms with E-state index in [1.807, 2.05) is 7.05 Å². The van der Waals surface area contributed by atoms with Crippen LogP contribution in [0.1, 0.15) is 33.0 Å². The molecule has 0 bridgehead atoms. The van der Waals surface area contributed by atoms with Gasteiger partial charge < -0.3 is 10.6 Å². The predicted molar refractivity (Wildman–Crippen MR) is 70.1 cm³/mol. The van der Waals surface area contributed by atoms with Crippen LogP contribution in [-0.4, -0.2) is 39.3 Å². The van der Waals surface area contributed by atoms with Crippen LogP contribution in [0.25, 0.3) is 0 Å². The van der Waals surface area contributed by atoms with E-state index in [2.05, 4.69) is 41.5 Å². The molecule has 1 aromatic rings. The number of amides is 1. The molecule has 6 heteroatoms. The second-order valence-corrected chi connectivity index (χ2v) is 5.36. The van der Waals surface area contributed by atoms with Gasteiger partial charge in [0.1, 0.15) is 6.33 Å². The Labute approximate surface area is 108 Å². The molecule has 1 heterocycles. The van der Waals surface area contributed by atoms with Crippen molar-refractivity contribution in [2.24, 2.45) is 7.05 Å². The molecule has 0 saturated carbocycles. The van der Waals surface area contributed by atoms with Crippen LogP contribution >= 0.6 is 0 Å². The molecule has 0 spiro atoms. The highest BCUT2D eigenvalue weighted by Crippen LogP contribution is 1.97. The van der Waals surface area contributed by atoms with E-state index in [4.69, 9.17) is 0 Å². The van der Waals surface area contributed by atoms with E-state index in [1.54, 1.807) is 11.0 Å². The fourth-order valence-electron chi connectivity index (χ4n) is 1.45. The van der Waals surface area contributed by atoms with Gasteiger partial charge >= 0.3 is 0 Å². The Morgan fingerprint density at radius 3 is 2.67 bits per heavy atom. The first-order valence-corrected chi connectivity index (χ1v) is 6.23. The lowest BCUT2D eigenvalue weighted by molar-refractivity contribution is -0.121. The highest BCUT2D eigenvalue weighted by molar-refractivity contribution is 5.76. The van der Waals surface area contributed by atoms with Crippen molar-refractivity contribution in [3.63, 3.8) is 0 Å². The largest absolute Gasteiger partial charge is 0.356 e. The zero-order valence-corrected chi connectivity index (χ0v) is 11.7. The van der Waals surface area contributed by atoms with Gasteiger partial charge in [-0.05, 0) is 20.8 Å². The minimum atomic E-state index is 0.0537. The van der Waals surface area contributed by atoms with Crippen molar-refractivity contribution in [2.75, 3.05) is 13.1 Å². The minimum Gasteiger partial charge on any atom is -0.356 e. The number of rotatable bonds is 6. The molecule has 0 radical (unpaired) electrons. The van der Waals surface area contributed by atoms with Crippen LogP contribution in [0.15, 0.2) is 6.33 Å². The molecule has 6 nitrogen and oxygen atoms in total. The first-order valence-electron chi connectivity index (χ1n) is 6.23. The van der Waals surface area contributed by atoms with Crippen LogP contribution in [-0.2, 0) is 18.3 Å². The van der Waals surface area contributed by atoms with Crippen molar-refractivity contribution in [1.29, 1.82) is 0 Å². The summed E-state index contributed by atoms with van der Waals surface area (Å²) in [6.07, 6.45) is 2.82. The second-order valence-electron chi connectivity index (χ2n) is 5.36. The zero-order chi connectivity index (χ0) is 13.6. The van der Waals surface area contributed by atoms with Gasteiger partial charge in [-0.1, -0.05) is 0 Å². The molecule has 1 rings (SSSR count). The van der Waals surface area contributed by atoms with Gasteiger partial charge in [0.25, 0.3) is 0 Å². The molecule has 0 aromatic carbocycles. The topological polar surface area (TPSA) is 71.8 Å². The Morgan fingerprint density at radius 1 is 1.39 bits per heavy atom. The third-order valence-corrected chi connectivity index (χ3v) is 2.33. The average molecular weight is 253 g/mol. The van der Waals surface area contributed by atoms with Gasteiger partial charge in [0, 0.05) is 38.5 Å². The number of hydrogen-bond donors (Lipinski definition) is 2. The van der Waals surface area contributed by atoms with Crippen LogP contribution in [0.5, 0.6) is 0 Å². The Hall–Kier alpha value is -1.43. The van der Waals surface area contributed by atoms with E-state index >= 15 is 0 Å². The van der Waals surface area contributed by atoms with Crippen LogP contribution in [0.4, 0.5) is 0 Å². The molecule has 102 valence electrons. The summed E-state index contributed by atoms with van der Waals surface area (Å²) in [4.78, 5) is 15.6. The zero-order valence-electron chi connectivity index (χ0n) is 11.7. The lowest BCUT2D eigenvalue weighted by atomic mass is 10.1. The summed E-state index contributed by atoms with van der Waals surface area (Å²) in [6, 6.07) is 0. The Bertz CT molecular complexity index is 380. The van der Waals surface area contributed by atoms with E-state index in [1.165, 1.54) is 0 Å². The van der Waals surface area contributed by atoms with Crippen LogP contribution in [0, 0.1) is 0 Å². The summed E-state index contributed by atoms with van der Waals surface area (Å²) < 4.78 is 1.66. The van der Waals surface area contributed by atoms with Crippen molar-refractivity contribution >= 4 is 5.91 Å². The molecule has 0 aliphatic carbocycles. The molecular weight excluding hydrogens is 230 g/mol. The van der Waals surface area contributed by atoms with Gasteiger partial charge in [0.05, 0.1) is 0 Å². The first kappa shape index (κ1) is 14.6. The summed E-state index contributed by atoms with van der Waals surface area (Å²) in [5.74, 6) is 0.813. The highest BCUT2D eigenvalue weighted by Gasteiger charge is 2.09. The summed E-state index contributed by atoms with van der Waals surface area (Å²) in [5, 5.41) is 10.3. The highest BCUT2D eigenvalue weighted by atomic mass is 16.1. The van der Waals surface area contributed by atoms with E-state index in [0.717, 1.165) is 5.82 Å². The van der Waals surface area contributed by atoms with Crippen molar-refractivity contribution in [1.82, 2.24) is 25.4 Å². The Morgan fingerprint density at radius 2 is 2.11 bits per heavy atom. The van der Waals surface area contributed by atoms with E-state index in [9.17, 15) is 4.79 Å². The number of hydrogen-bond acceptors (Lipinski definition) is 4. The maximum Gasteiger partial charge on any atom is 0.221 e. The van der Waals surface area contributed by atoms with Gasteiger partial charge in [-0.2, -0.15) is 5.10 Å². The summed E-state index contributed by atoms with van der Waals surface area (Å²) in [7, 11) is 1.83. The molecule has 0 unspecified atom stereocenters. The Kier molecular flexibility index (Phi) is 5.27. The molecule has 0 aliphatic rings. The molecule has 0 fully saturated rings. The maximum atomic E-state index is 11.5. The lowest BCUT2D eigenvalue weighted by Crippen LogP contribution is -2.38. The van der Waals surface area contributed by atoms with Crippen molar-refractivity contribution in [2.45, 2.75) is 39.2 Å². The molecule has 1 aromatic heterocycles. The summed E-state index contributed by atoms with van der Waals surface area (Å²) in [6.45, 7) is 7.52. The summed E-state index contributed by atoms with van der Waals surface area (Å²) in [5.41, 5.74) is 0.0537. The summed E-state index contributed by atoms with van der Waals surface area (Å²) >= 11 is 0. The van der Waals surface area contributed by atoms with Crippen LogP contribution in [0.3, 0.4) is 0 Å². The van der Waals surface area contributed by atoms with Gasteiger partial charge in [-0.15, -0.1) is 0 Å². The number of nitrogens with one attached hydrogen (secondary N) is 2. The number of aromatic nitrogens is 3. The van der Waals surface area contributed by atoms with Gasteiger partial charge in [0.2, 0.25) is 5.91 Å². The van der Waals surface area contributed by atoms with E-state index in [0.29, 0.717) is 25.9 Å². The first-order chi connectivity index (χ1) is 8.37. The standard InChI is InChI=1S/C12H23N5O/c1-12(2,3)15-8-6-11(18)13-7-5-10-14-9-17(4)16-10/h9,15H,5-8H2,1-4H3,(H,13,18). The van der Waals surface area contributed by atoms with Gasteiger partial charge in [-0.25, -0.2) is 4.98 Å². The predicted octanol–water partition coefficient (Wildman–Crippen LogP) is 0.252. The van der Waals surface area contributed by atoms with E-state index < -0.39 is 0 Å². The number of aryl methyl sites for hydroxylation is 1. The van der Waals surface area contributed by atoms with Crippen molar-refractivity contribution < 1.29 is 4.79 Å². The van der Waals surface area contributed by atoms with Crippen molar-refractivity contribution in [3.05, 3.63) is 12.2 Å². The average Bonchev–Trinajstić information content (AvgIpc) is 2.62. The van der Waals surface area contributed by atoms with E-state index in [-0.39, 0.29) is 11.4 Å². The van der Waals surface area contributed by atoms with Crippen LogP contribution < -0.4 is 10.6 Å². The number of nitrogens with zero attached hydrogens (tertiary/aromatic N) is 3. The smallest absolute Gasteiger partial charge is 0.221 e. The SMILES string of the molecule is Cn1cnc(CCNC(=O)CCNC(C)(C)C)n1. The Balaban J connectivity index is 2.10. The fraction of sp³-hybridized carbons (Fsp3) is 0.750. The normalized spacial score (nSPS) is 11.6. The molecule has 2 N–H and O–H groups in total. The molecular formula is C12H23N5O. The fourth-order valence-corrected chi connectivity index (χ4v) is 1.45. The number of carbonyl (C=O) groups is 1. The third kappa shape index (κ3) is 6.34. The molecule has 1 amide bonds. The lowest BCUT2D eigenvalue weighted by Gasteiger charge is -2.20. The quantitative estimate of drug-likeness (QED) is 0.762. The monoisotopic (exact) mass is 253 g/mol. The third-order valence-electron chi connectivity index (χ3n) is 2.33. The van der Waals surface area contributed by atoms with Gasteiger partial charge in [-0.3, -0.25) is 9.48 Å². The maximum absolute atomic E-state index is 11.5. The van der Waals surface area contributed by atoms with Crippen molar-refractivity contribution in [3.8, 4) is 0 Å². The molecule has 0 saturated heterocycles.